The number of hydrogen-bond acceptors (Lipinski definition) is 4. The third-order valence-corrected chi connectivity index (χ3v) is 3.87. The monoisotopic (exact) mass is 291 g/mol. The third-order valence-electron chi connectivity index (χ3n) is 3.87. The maximum atomic E-state index is 12.2. The van der Waals surface area contributed by atoms with Crippen LogP contribution in [0, 0.1) is 23.0 Å². The highest BCUT2D eigenvalue weighted by molar-refractivity contribution is 5.81. The quantitative estimate of drug-likeness (QED) is 0.683. The van der Waals surface area contributed by atoms with Crippen LogP contribution in [0.25, 0.3) is 0 Å². The van der Waals surface area contributed by atoms with Crippen LogP contribution in [-0.4, -0.2) is 35.4 Å². The smallest absolute Gasteiger partial charge is 0.271 e. The molecule has 1 aromatic rings. The summed E-state index contributed by atoms with van der Waals surface area (Å²) in [6.07, 6.45) is 2.21. The Kier molecular flexibility index (Phi) is 4.77. The standard InChI is InChI=1S/C15H21N3O3/c1-11-4-3-7-17(10-11)15(19)9-16-14-8-13(18(20)21)6-5-12(14)2/h5-6,8,11,16H,3-4,7,9-10H2,1-2H3/t11-/m0/s1. The molecule has 0 radical (unpaired) electrons. The molecule has 1 atom stereocenters. The lowest BCUT2D eigenvalue weighted by Gasteiger charge is -2.31. The van der Waals surface area contributed by atoms with Crippen molar-refractivity contribution in [3.8, 4) is 0 Å². The zero-order valence-electron chi connectivity index (χ0n) is 12.5. The van der Waals surface area contributed by atoms with Crippen molar-refractivity contribution in [3.63, 3.8) is 0 Å². The van der Waals surface area contributed by atoms with E-state index in [1.54, 1.807) is 6.07 Å². The van der Waals surface area contributed by atoms with Gasteiger partial charge in [-0.1, -0.05) is 13.0 Å². The molecular weight excluding hydrogens is 270 g/mol. The van der Waals surface area contributed by atoms with Gasteiger partial charge >= 0.3 is 0 Å². The fourth-order valence-electron chi connectivity index (χ4n) is 2.61. The van der Waals surface area contributed by atoms with Crippen molar-refractivity contribution in [2.45, 2.75) is 26.7 Å². The number of likely N-dealkylation sites (tertiary alicyclic amines) is 1. The molecule has 6 heteroatoms. The Hall–Kier alpha value is -2.11. The summed E-state index contributed by atoms with van der Waals surface area (Å²) >= 11 is 0. The highest BCUT2D eigenvalue weighted by Gasteiger charge is 2.20. The molecular formula is C15H21N3O3. The van der Waals surface area contributed by atoms with E-state index in [9.17, 15) is 14.9 Å². The molecule has 6 nitrogen and oxygen atoms in total. The van der Waals surface area contributed by atoms with E-state index < -0.39 is 4.92 Å². The number of non-ortho nitro benzene ring substituents is 1. The van der Waals surface area contributed by atoms with Gasteiger partial charge in [-0.2, -0.15) is 0 Å². The minimum Gasteiger partial charge on any atom is -0.376 e. The average Bonchev–Trinajstić information content (AvgIpc) is 2.45. The normalized spacial score (nSPS) is 18.4. The van der Waals surface area contributed by atoms with Crippen molar-refractivity contribution in [2.75, 3.05) is 25.0 Å². The first-order valence-corrected chi connectivity index (χ1v) is 7.24. The Morgan fingerprint density at radius 3 is 2.95 bits per heavy atom. The minimum absolute atomic E-state index is 0.0298. The summed E-state index contributed by atoms with van der Waals surface area (Å²) in [6.45, 7) is 5.79. The first-order chi connectivity index (χ1) is 9.97. The zero-order chi connectivity index (χ0) is 15.4. The molecule has 0 unspecified atom stereocenters. The van der Waals surface area contributed by atoms with E-state index in [0.717, 1.165) is 25.1 Å². The topological polar surface area (TPSA) is 75.5 Å². The number of benzene rings is 1. The van der Waals surface area contributed by atoms with Crippen LogP contribution in [-0.2, 0) is 4.79 Å². The summed E-state index contributed by atoms with van der Waals surface area (Å²) in [7, 11) is 0. The van der Waals surface area contributed by atoms with Gasteiger partial charge in [0.2, 0.25) is 5.91 Å². The highest BCUT2D eigenvalue weighted by Crippen LogP contribution is 2.22. The Balaban J connectivity index is 1.97. The molecule has 1 aromatic carbocycles. The molecule has 0 spiro atoms. The van der Waals surface area contributed by atoms with Gasteiger partial charge in [0.05, 0.1) is 11.5 Å². The van der Waals surface area contributed by atoms with Crippen molar-refractivity contribution in [1.29, 1.82) is 0 Å². The third kappa shape index (κ3) is 3.93. The van der Waals surface area contributed by atoms with Crippen molar-refractivity contribution in [1.82, 2.24) is 4.90 Å². The van der Waals surface area contributed by atoms with Gasteiger partial charge in [-0.05, 0) is 31.2 Å². The number of amides is 1. The number of aryl methyl sites for hydroxylation is 1. The molecule has 1 N–H and O–H groups in total. The molecule has 114 valence electrons. The average molecular weight is 291 g/mol. The maximum Gasteiger partial charge on any atom is 0.271 e. The first kappa shape index (κ1) is 15.3. The van der Waals surface area contributed by atoms with Gasteiger partial charge in [0.25, 0.3) is 5.69 Å². The van der Waals surface area contributed by atoms with E-state index in [1.165, 1.54) is 18.6 Å². The fraction of sp³-hybridized carbons (Fsp3) is 0.533. The Labute approximate surface area is 124 Å². The number of nitrogens with zero attached hydrogens (tertiary/aromatic N) is 2. The van der Waals surface area contributed by atoms with Crippen molar-refractivity contribution < 1.29 is 9.72 Å². The van der Waals surface area contributed by atoms with Crippen molar-refractivity contribution in [3.05, 3.63) is 33.9 Å². The van der Waals surface area contributed by atoms with Crippen LogP contribution in [0.1, 0.15) is 25.3 Å². The Morgan fingerprint density at radius 2 is 2.29 bits per heavy atom. The number of anilines is 1. The van der Waals surface area contributed by atoms with Crippen LogP contribution in [0.4, 0.5) is 11.4 Å². The molecule has 1 aliphatic heterocycles. The number of piperidine rings is 1. The maximum absolute atomic E-state index is 12.2. The highest BCUT2D eigenvalue weighted by atomic mass is 16.6. The van der Waals surface area contributed by atoms with Gasteiger partial charge in [0, 0.05) is 30.9 Å². The molecule has 1 aliphatic rings. The molecule has 0 aromatic heterocycles. The van der Waals surface area contributed by atoms with Crippen LogP contribution >= 0.6 is 0 Å². The molecule has 1 saturated heterocycles. The molecule has 1 amide bonds. The van der Waals surface area contributed by atoms with Crippen LogP contribution < -0.4 is 5.32 Å². The van der Waals surface area contributed by atoms with Crippen LogP contribution in [0.2, 0.25) is 0 Å². The second-order valence-electron chi connectivity index (χ2n) is 5.70. The van der Waals surface area contributed by atoms with Crippen LogP contribution in [0.3, 0.4) is 0 Å². The van der Waals surface area contributed by atoms with E-state index in [-0.39, 0.29) is 18.1 Å². The number of hydrogen-bond donors (Lipinski definition) is 1. The van der Waals surface area contributed by atoms with Gasteiger partial charge in [-0.25, -0.2) is 0 Å². The summed E-state index contributed by atoms with van der Waals surface area (Å²) < 4.78 is 0. The predicted octanol–water partition coefficient (Wildman–Crippen LogP) is 2.57. The van der Waals surface area contributed by atoms with Crippen LogP contribution in [0.5, 0.6) is 0 Å². The number of carbonyl (C=O) groups excluding carboxylic acids is 1. The second-order valence-corrected chi connectivity index (χ2v) is 5.70. The van der Waals surface area contributed by atoms with Crippen LogP contribution in [0.15, 0.2) is 18.2 Å². The minimum atomic E-state index is -0.432. The summed E-state index contributed by atoms with van der Waals surface area (Å²) in [5.41, 5.74) is 1.56. The van der Waals surface area contributed by atoms with E-state index in [1.807, 2.05) is 11.8 Å². The molecule has 2 rings (SSSR count). The molecule has 1 heterocycles. The molecule has 1 fully saturated rings. The van der Waals surface area contributed by atoms with Gasteiger partial charge in [0.1, 0.15) is 0 Å². The van der Waals surface area contributed by atoms with E-state index in [2.05, 4.69) is 12.2 Å². The number of rotatable bonds is 4. The van der Waals surface area contributed by atoms with E-state index in [0.29, 0.717) is 11.6 Å². The first-order valence-electron chi connectivity index (χ1n) is 7.24. The van der Waals surface area contributed by atoms with Gasteiger partial charge in [-0.15, -0.1) is 0 Å². The number of carbonyl (C=O) groups is 1. The van der Waals surface area contributed by atoms with Gasteiger partial charge in [0.15, 0.2) is 0 Å². The Morgan fingerprint density at radius 1 is 1.52 bits per heavy atom. The summed E-state index contributed by atoms with van der Waals surface area (Å²) in [6, 6.07) is 4.63. The summed E-state index contributed by atoms with van der Waals surface area (Å²) in [5, 5.41) is 13.8. The zero-order valence-corrected chi connectivity index (χ0v) is 12.5. The predicted molar refractivity (Wildman–Crippen MR) is 81.3 cm³/mol. The molecule has 21 heavy (non-hydrogen) atoms. The molecule has 0 aliphatic carbocycles. The summed E-state index contributed by atoms with van der Waals surface area (Å²) in [4.78, 5) is 24.4. The van der Waals surface area contributed by atoms with Gasteiger partial charge in [-0.3, -0.25) is 14.9 Å². The SMILES string of the molecule is Cc1ccc([N+](=O)[O-])cc1NCC(=O)N1CCC[C@H](C)C1. The Bertz CT molecular complexity index is 545. The largest absolute Gasteiger partial charge is 0.376 e. The second kappa shape index (κ2) is 6.56. The lowest BCUT2D eigenvalue weighted by molar-refractivity contribution is -0.384. The molecule has 0 bridgehead atoms. The van der Waals surface area contributed by atoms with E-state index in [4.69, 9.17) is 0 Å². The van der Waals surface area contributed by atoms with Crippen molar-refractivity contribution >= 4 is 17.3 Å². The fourth-order valence-corrected chi connectivity index (χ4v) is 2.61. The number of nitro groups is 1. The lowest BCUT2D eigenvalue weighted by Crippen LogP contribution is -2.42. The number of nitro benzene ring substituents is 1. The molecule has 0 saturated carbocycles. The lowest BCUT2D eigenvalue weighted by atomic mass is 10.0. The number of nitrogens with one attached hydrogen (secondary N) is 1. The van der Waals surface area contributed by atoms with Crippen molar-refractivity contribution in [2.24, 2.45) is 5.92 Å². The summed E-state index contributed by atoms with van der Waals surface area (Å²) in [5.74, 6) is 0.592. The van der Waals surface area contributed by atoms with E-state index >= 15 is 0 Å². The van der Waals surface area contributed by atoms with Gasteiger partial charge < -0.3 is 10.2 Å².